The Balaban J connectivity index is 0.985. The molecule has 4 aromatic heterocycles. The summed E-state index contributed by atoms with van der Waals surface area (Å²) < 4.78 is 14.7. The number of carbonyl (C=O) groups excluding carboxylic acids is 1. The molecule has 0 radical (unpaired) electrons. The second-order valence-corrected chi connectivity index (χ2v) is 14.3. The molecule has 0 atom stereocenters. The molecule has 0 saturated heterocycles. The lowest BCUT2D eigenvalue weighted by atomic mass is 10.1. The zero-order valence-corrected chi connectivity index (χ0v) is 26.8. The van der Waals surface area contributed by atoms with Gasteiger partial charge in [0.2, 0.25) is 4.96 Å². The molecule has 2 fully saturated rings. The maximum atomic E-state index is 13.0. The third-order valence-corrected chi connectivity index (χ3v) is 11.5. The molecular weight excluding hydrogens is 613 g/mol. The van der Waals surface area contributed by atoms with Gasteiger partial charge in [-0.2, -0.15) is 5.10 Å². The fourth-order valence-electron chi connectivity index (χ4n) is 5.70. The van der Waals surface area contributed by atoms with Crippen LogP contribution in [-0.4, -0.2) is 55.6 Å². The van der Waals surface area contributed by atoms with Crippen LogP contribution in [0.2, 0.25) is 0 Å². The van der Waals surface area contributed by atoms with Gasteiger partial charge in [0.15, 0.2) is 0 Å². The molecular formula is C32H30N6O3S3. The van der Waals surface area contributed by atoms with Crippen LogP contribution in [-0.2, 0) is 6.61 Å². The molecule has 2 aliphatic carbocycles. The molecule has 0 N–H and O–H groups in total. The van der Waals surface area contributed by atoms with Gasteiger partial charge in [-0.25, -0.2) is 19.5 Å². The first-order valence-electron chi connectivity index (χ1n) is 14.8. The van der Waals surface area contributed by atoms with E-state index in [9.17, 15) is 4.79 Å². The minimum atomic E-state index is 0.0830. The monoisotopic (exact) mass is 642 g/mol. The van der Waals surface area contributed by atoms with Crippen molar-refractivity contribution < 1.29 is 14.3 Å². The van der Waals surface area contributed by atoms with E-state index < -0.39 is 0 Å². The number of imidazole rings is 1. The fraction of sp³-hybridized carbons (Fsp3) is 0.344. The number of thiazole rings is 2. The van der Waals surface area contributed by atoms with E-state index in [0.717, 1.165) is 55.0 Å². The number of aromatic nitrogens is 5. The molecule has 2 saturated carbocycles. The highest BCUT2D eigenvalue weighted by Crippen LogP contribution is 2.43. The molecule has 1 amide bonds. The summed E-state index contributed by atoms with van der Waals surface area (Å²) in [5.74, 6) is 2.07. The first-order valence-corrected chi connectivity index (χ1v) is 17.3. The molecule has 6 aromatic rings. The Morgan fingerprint density at radius 3 is 2.59 bits per heavy atom. The predicted molar refractivity (Wildman–Crippen MR) is 174 cm³/mol. The zero-order chi connectivity index (χ0) is 29.8. The smallest absolute Gasteiger partial charge is 0.253 e. The fourth-order valence-corrected chi connectivity index (χ4v) is 8.53. The Morgan fingerprint density at radius 1 is 1.02 bits per heavy atom. The van der Waals surface area contributed by atoms with E-state index in [1.807, 2.05) is 64.4 Å². The number of fused-ring (bicyclic) bond motifs is 2. The van der Waals surface area contributed by atoms with Crippen LogP contribution in [0.3, 0.4) is 0 Å². The van der Waals surface area contributed by atoms with Crippen molar-refractivity contribution in [1.29, 1.82) is 0 Å². The number of hydrogen-bond donors (Lipinski definition) is 0. The average molecular weight is 643 g/mol. The summed E-state index contributed by atoms with van der Waals surface area (Å²) in [6.45, 7) is 0.308. The van der Waals surface area contributed by atoms with E-state index in [1.54, 1.807) is 41.1 Å². The molecule has 8 rings (SSSR count). The van der Waals surface area contributed by atoms with Gasteiger partial charge in [0.1, 0.15) is 38.8 Å². The summed E-state index contributed by atoms with van der Waals surface area (Å²) in [7, 11) is 3.56. The Labute approximate surface area is 266 Å². The minimum Gasteiger partial charge on any atom is -0.497 e. The molecule has 2 aliphatic rings. The van der Waals surface area contributed by atoms with Gasteiger partial charge < -0.3 is 14.4 Å². The van der Waals surface area contributed by atoms with Gasteiger partial charge in [0.25, 0.3) is 5.91 Å². The van der Waals surface area contributed by atoms with Crippen molar-refractivity contribution >= 4 is 55.1 Å². The van der Waals surface area contributed by atoms with E-state index in [1.165, 1.54) is 30.7 Å². The highest BCUT2D eigenvalue weighted by atomic mass is 32.1. The van der Waals surface area contributed by atoms with E-state index in [2.05, 4.69) is 0 Å². The van der Waals surface area contributed by atoms with Crippen molar-refractivity contribution in [2.24, 2.45) is 0 Å². The van der Waals surface area contributed by atoms with Crippen LogP contribution >= 0.6 is 34.0 Å². The zero-order valence-electron chi connectivity index (χ0n) is 24.4. The van der Waals surface area contributed by atoms with Crippen molar-refractivity contribution in [2.75, 3.05) is 14.2 Å². The quantitative estimate of drug-likeness (QED) is 0.160. The van der Waals surface area contributed by atoms with Gasteiger partial charge >= 0.3 is 0 Å². The van der Waals surface area contributed by atoms with E-state index in [4.69, 9.17) is 29.5 Å². The Hall–Kier alpha value is -3.87. The van der Waals surface area contributed by atoms with Crippen LogP contribution in [0.1, 0.15) is 65.5 Å². The average Bonchev–Trinajstić information content (AvgIpc) is 3.58. The molecule has 44 heavy (non-hydrogen) atoms. The lowest BCUT2D eigenvalue weighted by Gasteiger charge is -2.24. The lowest BCUT2D eigenvalue weighted by Crippen LogP contribution is -2.35. The first-order chi connectivity index (χ1) is 21.5. The van der Waals surface area contributed by atoms with Crippen LogP contribution in [0.5, 0.6) is 11.5 Å². The van der Waals surface area contributed by atoms with Crippen molar-refractivity contribution in [3.8, 4) is 32.8 Å². The molecule has 0 spiro atoms. The van der Waals surface area contributed by atoms with Crippen molar-refractivity contribution in [3.63, 3.8) is 0 Å². The minimum absolute atomic E-state index is 0.0830. The molecule has 2 aromatic carbocycles. The van der Waals surface area contributed by atoms with Crippen LogP contribution in [0.15, 0.2) is 48.0 Å². The number of nitrogens with zero attached hydrogens (tertiary/aromatic N) is 6. The summed E-state index contributed by atoms with van der Waals surface area (Å²) in [4.78, 5) is 30.3. The van der Waals surface area contributed by atoms with Gasteiger partial charge in [-0.05, 0) is 37.8 Å². The summed E-state index contributed by atoms with van der Waals surface area (Å²) in [6.07, 6.45) is 9.00. The molecule has 9 nitrogen and oxygen atoms in total. The highest BCUT2D eigenvalue weighted by molar-refractivity contribution is 7.22. The topological polar surface area (TPSA) is 94.7 Å². The number of hydrogen-bond acceptors (Lipinski definition) is 10. The van der Waals surface area contributed by atoms with Gasteiger partial charge in [-0.3, -0.25) is 4.79 Å². The third-order valence-electron chi connectivity index (χ3n) is 8.37. The van der Waals surface area contributed by atoms with Crippen LogP contribution < -0.4 is 9.47 Å². The molecule has 0 aliphatic heterocycles. The molecule has 0 bridgehead atoms. The maximum absolute atomic E-state index is 13.0. The van der Waals surface area contributed by atoms with Crippen LogP contribution in [0.25, 0.3) is 36.5 Å². The lowest BCUT2D eigenvalue weighted by molar-refractivity contribution is 0.0735. The van der Waals surface area contributed by atoms with E-state index in [0.29, 0.717) is 35.6 Å². The van der Waals surface area contributed by atoms with Gasteiger partial charge in [-0.15, -0.1) is 22.7 Å². The van der Waals surface area contributed by atoms with Crippen molar-refractivity contribution in [3.05, 3.63) is 64.2 Å². The number of methoxy groups -OCH3 is 1. The maximum Gasteiger partial charge on any atom is 0.253 e. The third kappa shape index (κ3) is 5.24. The predicted octanol–water partition coefficient (Wildman–Crippen LogP) is 7.67. The number of benzene rings is 2. The number of carbonyl (C=O) groups is 1. The van der Waals surface area contributed by atoms with Crippen molar-refractivity contribution in [1.82, 2.24) is 29.5 Å². The Morgan fingerprint density at radius 2 is 1.84 bits per heavy atom. The summed E-state index contributed by atoms with van der Waals surface area (Å²) in [5, 5.41) is 9.61. The van der Waals surface area contributed by atoms with Gasteiger partial charge in [0, 0.05) is 47.6 Å². The second-order valence-electron chi connectivity index (χ2n) is 11.4. The summed E-state index contributed by atoms with van der Waals surface area (Å²) >= 11 is 4.78. The van der Waals surface area contributed by atoms with Gasteiger partial charge in [0.05, 0.1) is 29.2 Å². The van der Waals surface area contributed by atoms with E-state index >= 15 is 0 Å². The van der Waals surface area contributed by atoms with Crippen molar-refractivity contribution in [2.45, 2.75) is 57.1 Å². The number of rotatable bonds is 9. The van der Waals surface area contributed by atoms with Crippen LogP contribution in [0, 0.1) is 0 Å². The standard InChI is InChI=1S/C32H30N6O3S3/c1-37(22-5-3-4-6-22)31(39)20-11-9-18(10-12-20)28-33-21(17-42-28)16-41-26-14-23(40-2)13-24-27(26)43-30(34-24)25-15-38-32(35-25)44-29(36-38)19-7-8-19/h9-15,17,19,22H,3-8,16H2,1-2H3. The van der Waals surface area contributed by atoms with Gasteiger partial charge in [-0.1, -0.05) is 36.3 Å². The van der Waals surface area contributed by atoms with Crippen LogP contribution in [0.4, 0.5) is 0 Å². The normalized spacial score (nSPS) is 15.4. The largest absolute Gasteiger partial charge is 0.497 e. The first kappa shape index (κ1) is 27.7. The molecule has 0 unspecified atom stereocenters. The SMILES string of the molecule is COc1cc(OCc2csc(-c3ccc(C(=O)N(C)C4CCCC4)cc3)n2)c2sc(-c3cn4nc(C5CC5)sc4n3)nc2c1. The summed E-state index contributed by atoms with van der Waals surface area (Å²) in [6, 6.07) is 11.9. The number of amides is 1. The van der Waals surface area contributed by atoms with E-state index in [-0.39, 0.29) is 5.91 Å². The number of ether oxygens (including phenoxy) is 2. The summed E-state index contributed by atoms with van der Waals surface area (Å²) in [5.41, 5.74) is 4.13. The second kappa shape index (κ2) is 11.2. The Bertz CT molecular complexity index is 1950. The molecule has 12 heteroatoms. The molecule has 224 valence electrons. The highest BCUT2D eigenvalue weighted by Gasteiger charge is 2.28. The molecule has 4 heterocycles. The Kier molecular flexibility index (Phi) is 7.07.